The summed E-state index contributed by atoms with van der Waals surface area (Å²) >= 11 is 3.31. The fraction of sp³-hybridized carbons (Fsp3) is 0.133. The Hall–Kier alpha value is -1.88. The minimum atomic E-state index is -0.545. The van der Waals surface area contributed by atoms with Crippen LogP contribution in [-0.2, 0) is 0 Å². The monoisotopic (exact) mass is 337 g/mol. The number of benzene rings is 2. The van der Waals surface area contributed by atoms with Gasteiger partial charge in [-0.3, -0.25) is 4.79 Å². The van der Waals surface area contributed by atoms with E-state index in [2.05, 4.69) is 21.2 Å². The van der Waals surface area contributed by atoms with Gasteiger partial charge < -0.3 is 10.1 Å². The van der Waals surface area contributed by atoms with Crippen LogP contribution in [0.4, 0.5) is 10.1 Å². The fourth-order valence-electron chi connectivity index (χ4n) is 1.77. The summed E-state index contributed by atoms with van der Waals surface area (Å²) in [5.41, 5.74) is 1.24. The van der Waals surface area contributed by atoms with Crippen molar-refractivity contribution < 1.29 is 13.9 Å². The number of anilines is 1. The largest absolute Gasteiger partial charge is 0.495 e. The maximum atomic E-state index is 13.8. The molecule has 5 heteroatoms. The van der Waals surface area contributed by atoms with Crippen LogP contribution >= 0.6 is 15.9 Å². The van der Waals surface area contributed by atoms with Gasteiger partial charge in [0.25, 0.3) is 5.91 Å². The highest BCUT2D eigenvalue weighted by molar-refractivity contribution is 9.10. The van der Waals surface area contributed by atoms with Gasteiger partial charge in [-0.1, -0.05) is 22.0 Å². The van der Waals surface area contributed by atoms with Crippen LogP contribution in [0.15, 0.2) is 40.9 Å². The average Bonchev–Trinajstić information content (AvgIpc) is 2.38. The summed E-state index contributed by atoms with van der Waals surface area (Å²) < 4.78 is 19.7. The number of rotatable bonds is 3. The Morgan fingerprint density at radius 3 is 2.65 bits per heavy atom. The van der Waals surface area contributed by atoms with Gasteiger partial charge in [-0.15, -0.1) is 0 Å². The molecule has 1 N–H and O–H groups in total. The third-order valence-corrected chi connectivity index (χ3v) is 3.27. The first-order chi connectivity index (χ1) is 9.51. The van der Waals surface area contributed by atoms with E-state index in [0.717, 1.165) is 10.0 Å². The molecule has 0 saturated heterocycles. The Kier molecular flexibility index (Phi) is 4.39. The molecule has 20 heavy (non-hydrogen) atoms. The summed E-state index contributed by atoms with van der Waals surface area (Å²) in [4.78, 5) is 12.1. The van der Waals surface area contributed by atoms with Crippen LogP contribution in [0.2, 0.25) is 0 Å². The fourth-order valence-corrected chi connectivity index (χ4v) is 2.13. The van der Waals surface area contributed by atoms with Crippen molar-refractivity contribution >= 4 is 27.5 Å². The second-order valence-electron chi connectivity index (χ2n) is 4.28. The second-order valence-corrected chi connectivity index (χ2v) is 5.20. The van der Waals surface area contributed by atoms with Crippen LogP contribution in [0, 0.1) is 12.7 Å². The molecule has 3 nitrogen and oxygen atoms in total. The Morgan fingerprint density at radius 1 is 1.25 bits per heavy atom. The van der Waals surface area contributed by atoms with Crippen LogP contribution in [0.5, 0.6) is 5.75 Å². The molecule has 0 radical (unpaired) electrons. The molecular weight excluding hydrogens is 325 g/mol. The lowest BCUT2D eigenvalue weighted by Gasteiger charge is -2.11. The molecule has 0 bridgehead atoms. The van der Waals surface area contributed by atoms with E-state index in [4.69, 9.17) is 4.74 Å². The Labute approximate surface area is 124 Å². The number of amides is 1. The second kappa shape index (κ2) is 6.05. The van der Waals surface area contributed by atoms with Gasteiger partial charge in [0, 0.05) is 4.47 Å². The van der Waals surface area contributed by atoms with Crippen LogP contribution in [0.25, 0.3) is 0 Å². The third kappa shape index (κ3) is 3.17. The van der Waals surface area contributed by atoms with Crippen molar-refractivity contribution in [3.8, 4) is 5.75 Å². The Balaban J connectivity index is 2.30. The molecule has 0 unspecified atom stereocenters. The molecule has 0 aliphatic rings. The molecule has 0 saturated carbocycles. The first kappa shape index (κ1) is 14.5. The van der Waals surface area contributed by atoms with Gasteiger partial charge in [-0.25, -0.2) is 4.39 Å². The summed E-state index contributed by atoms with van der Waals surface area (Å²) in [7, 11) is 1.51. The summed E-state index contributed by atoms with van der Waals surface area (Å²) in [6.45, 7) is 1.77. The van der Waals surface area contributed by atoms with Gasteiger partial charge in [-0.2, -0.15) is 0 Å². The molecule has 0 spiro atoms. The molecule has 104 valence electrons. The summed E-state index contributed by atoms with van der Waals surface area (Å²) in [5, 5.41) is 2.64. The topological polar surface area (TPSA) is 38.3 Å². The van der Waals surface area contributed by atoms with Crippen molar-refractivity contribution in [1.82, 2.24) is 0 Å². The number of methoxy groups -OCH3 is 1. The van der Waals surface area contributed by atoms with E-state index in [9.17, 15) is 9.18 Å². The van der Waals surface area contributed by atoms with E-state index in [1.165, 1.54) is 19.2 Å². The van der Waals surface area contributed by atoms with Gasteiger partial charge in [0.1, 0.15) is 11.6 Å². The molecule has 0 aliphatic heterocycles. The van der Waals surface area contributed by atoms with E-state index in [1.54, 1.807) is 31.2 Å². The predicted octanol–water partition coefficient (Wildman–Crippen LogP) is 4.16. The molecule has 2 rings (SSSR count). The molecule has 1 amide bonds. The zero-order valence-electron chi connectivity index (χ0n) is 11.0. The predicted molar refractivity (Wildman–Crippen MR) is 79.8 cm³/mol. The zero-order chi connectivity index (χ0) is 14.7. The minimum absolute atomic E-state index is 0.00220. The zero-order valence-corrected chi connectivity index (χ0v) is 12.6. The standard InChI is InChI=1S/C15H13BrFNO2/c1-9-3-5-11(12(17)7-9)15(19)18-13-8-10(16)4-6-14(13)20-2/h3-8H,1-2H3,(H,18,19). The van der Waals surface area contributed by atoms with Crippen molar-refractivity contribution in [2.24, 2.45) is 0 Å². The van der Waals surface area contributed by atoms with Gasteiger partial charge in [0.2, 0.25) is 0 Å². The van der Waals surface area contributed by atoms with E-state index in [0.29, 0.717) is 11.4 Å². The highest BCUT2D eigenvalue weighted by Gasteiger charge is 2.14. The molecule has 0 aliphatic carbocycles. The van der Waals surface area contributed by atoms with E-state index >= 15 is 0 Å². The van der Waals surface area contributed by atoms with E-state index < -0.39 is 11.7 Å². The molecule has 2 aromatic carbocycles. The Bertz CT molecular complexity index is 658. The molecule has 0 atom stereocenters. The van der Waals surface area contributed by atoms with Crippen molar-refractivity contribution in [2.75, 3.05) is 12.4 Å². The van der Waals surface area contributed by atoms with E-state index in [1.807, 2.05) is 0 Å². The van der Waals surface area contributed by atoms with Crippen molar-refractivity contribution in [3.63, 3.8) is 0 Å². The van der Waals surface area contributed by atoms with Crippen LogP contribution in [-0.4, -0.2) is 13.0 Å². The number of aryl methyl sites for hydroxylation is 1. The molecule has 0 heterocycles. The van der Waals surface area contributed by atoms with Gasteiger partial charge in [0.15, 0.2) is 0 Å². The van der Waals surface area contributed by atoms with Gasteiger partial charge in [-0.05, 0) is 42.8 Å². The lowest BCUT2D eigenvalue weighted by atomic mass is 10.1. The highest BCUT2D eigenvalue weighted by atomic mass is 79.9. The number of halogens is 2. The molecule has 0 aromatic heterocycles. The maximum absolute atomic E-state index is 13.8. The van der Waals surface area contributed by atoms with Crippen LogP contribution < -0.4 is 10.1 Å². The lowest BCUT2D eigenvalue weighted by molar-refractivity contribution is 0.102. The normalized spacial score (nSPS) is 10.2. The summed E-state index contributed by atoms with van der Waals surface area (Å²) in [6, 6.07) is 9.68. The lowest BCUT2D eigenvalue weighted by Crippen LogP contribution is -2.14. The quantitative estimate of drug-likeness (QED) is 0.913. The number of ether oxygens (including phenoxy) is 1. The van der Waals surface area contributed by atoms with Gasteiger partial charge in [0.05, 0.1) is 18.4 Å². The number of hydrogen-bond donors (Lipinski definition) is 1. The van der Waals surface area contributed by atoms with Crippen LogP contribution in [0.1, 0.15) is 15.9 Å². The SMILES string of the molecule is COc1ccc(Br)cc1NC(=O)c1ccc(C)cc1F. The van der Waals surface area contributed by atoms with Gasteiger partial charge >= 0.3 is 0 Å². The summed E-state index contributed by atoms with van der Waals surface area (Å²) in [5.74, 6) is -0.551. The number of nitrogens with one attached hydrogen (secondary N) is 1. The number of carbonyl (C=O) groups excluding carboxylic acids is 1. The average molecular weight is 338 g/mol. The third-order valence-electron chi connectivity index (χ3n) is 2.78. The minimum Gasteiger partial charge on any atom is -0.495 e. The Morgan fingerprint density at radius 2 is 2.00 bits per heavy atom. The first-order valence-corrected chi connectivity index (χ1v) is 6.71. The van der Waals surface area contributed by atoms with Crippen molar-refractivity contribution in [3.05, 3.63) is 57.8 Å². The van der Waals surface area contributed by atoms with Crippen molar-refractivity contribution in [1.29, 1.82) is 0 Å². The smallest absolute Gasteiger partial charge is 0.258 e. The molecule has 2 aromatic rings. The number of carbonyl (C=O) groups is 1. The van der Waals surface area contributed by atoms with Crippen molar-refractivity contribution in [2.45, 2.75) is 6.92 Å². The highest BCUT2D eigenvalue weighted by Crippen LogP contribution is 2.28. The van der Waals surface area contributed by atoms with Crippen LogP contribution in [0.3, 0.4) is 0 Å². The van der Waals surface area contributed by atoms with E-state index in [-0.39, 0.29) is 5.56 Å². The molecular formula is C15H13BrFNO2. The summed E-state index contributed by atoms with van der Waals surface area (Å²) in [6.07, 6.45) is 0. The molecule has 0 fully saturated rings. The number of hydrogen-bond acceptors (Lipinski definition) is 2. The maximum Gasteiger partial charge on any atom is 0.258 e. The first-order valence-electron chi connectivity index (χ1n) is 5.92.